The molecule has 1 amide bonds. The van der Waals surface area contributed by atoms with E-state index in [4.69, 9.17) is 9.26 Å². The summed E-state index contributed by atoms with van der Waals surface area (Å²) < 4.78 is 38.5. The van der Waals surface area contributed by atoms with E-state index < -0.39 is 10.0 Å². The maximum absolute atomic E-state index is 12.7. The molecule has 0 aliphatic rings. The molecule has 0 fully saturated rings. The fraction of sp³-hybridized carbons (Fsp3) is 0.160. The molecule has 9 nitrogen and oxygen atoms in total. The summed E-state index contributed by atoms with van der Waals surface area (Å²) in [6.45, 7) is 2.49. The molecule has 0 aliphatic heterocycles. The monoisotopic (exact) mass is 492 g/mol. The van der Waals surface area contributed by atoms with Crippen molar-refractivity contribution in [1.29, 1.82) is 0 Å². The number of aryl methyl sites for hydroxylation is 1. The van der Waals surface area contributed by atoms with Crippen molar-refractivity contribution in [2.24, 2.45) is 0 Å². The van der Waals surface area contributed by atoms with E-state index in [0.717, 1.165) is 11.3 Å². The molecule has 0 bridgehead atoms. The molecular formula is C25H24N4O5S. The number of carbonyl (C=O) groups is 1. The lowest BCUT2D eigenvalue weighted by atomic mass is 10.2. The molecule has 1 aromatic heterocycles. The maximum Gasteiger partial charge on any atom is 0.261 e. The van der Waals surface area contributed by atoms with Crippen molar-refractivity contribution in [3.05, 3.63) is 84.8 Å². The molecular weight excluding hydrogens is 468 g/mol. The number of sulfonamides is 1. The van der Waals surface area contributed by atoms with E-state index in [2.05, 4.69) is 20.2 Å². The van der Waals surface area contributed by atoms with Gasteiger partial charge in [0.2, 0.25) is 17.6 Å². The zero-order valence-electron chi connectivity index (χ0n) is 19.0. The van der Waals surface area contributed by atoms with E-state index in [1.54, 1.807) is 42.5 Å². The van der Waals surface area contributed by atoms with Crippen molar-refractivity contribution in [3.8, 4) is 17.1 Å². The number of amides is 1. The number of nitrogens with one attached hydrogen (secondary N) is 2. The van der Waals surface area contributed by atoms with Gasteiger partial charge < -0.3 is 14.6 Å². The zero-order valence-corrected chi connectivity index (χ0v) is 19.8. The fourth-order valence-electron chi connectivity index (χ4n) is 3.26. The third-order valence-electron chi connectivity index (χ3n) is 4.96. The Bertz CT molecular complexity index is 1390. The van der Waals surface area contributed by atoms with Crippen LogP contribution in [0.1, 0.15) is 19.2 Å². The number of anilines is 2. The third kappa shape index (κ3) is 6.24. The van der Waals surface area contributed by atoms with E-state index in [1.807, 2.05) is 31.2 Å². The second-order valence-electron chi connectivity index (χ2n) is 7.48. The number of hydrogen-bond donors (Lipinski definition) is 2. The van der Waals surface area contributed by atoms with Crippen LogP contribution in [0.4, 0.5) is 11.4 Å². The van der Waals surface area contributed by atoms with Crippen LogP contribution in [0, 0.1) is 0 Å². The molecule has 180 valence electrons. The summed E-state index contributed by atoms with van der Waals surface area (Å²) in [6.07, 6.45) is 0.304. The van der Waals surface area contributed by atoms with E-state index >= 15 is 0 Å². The van der Waals surface area contributed by atoms with E-state index in [1.165, 1.54) is 12.1 Å². The molecule has 0 unspecified atom stereocenters. The Kier molecular flexibility index (Phi) is 7.41. The minimum absolute atomic E-state index is 0.0741. The predicted molar refractivity (Wildman–Crippen MR) is 132 cm³/mol. The first-order valence-electron chi connectivity index (χ1n) is 11.0. The van der Waals surface area contributed by atoms with Crippen LogP contribution in [-0.2, 0) is 21.2 Å². The lowest BCUT2D eigenvalue weighted by molar-refractivity contribution is -0.116. The van der Waals surface area contributed by atoms with Crippen LogP contribution in [0.3, 0.4) is 0 Å². The Morgan fingerprint density at radius 2 is 1.63 bits per heavy atom. The van der Waals surface area contributed by atoms with Gasteiger partial charge in [-0.15, -0.1) is 0 Å². The summed E-state index contributed by atoms with van der Waals surface area (Å²) in [5.74, 6) is 1.17. The van der Waals surface area contributed by atoms with E-state index in [-0.39, 0.29) is 29.3 Å². The minimum atomic E-state index is -3.80. The lowest BCUT2D eigenvalue weighted by Crippen LogP contribution is -2.17. The third-order valence-corrected chi connectivity index (χ3v) is 6.34. The topological polar surface area (TPSA) is 123 Å². The number of aromatic nitrogens is 2. The Hall–Kier alpha value is -4.18. The molecule has 0 saturated heterocycles. The summed E-state index contributed by atoms with van der Waals surface area (Å²) in [7, 11) is -3.80. The van der Waals surface area contributed by atoms with Crippen molar-refractivity contribution < 1.29 is 22.5 Å². The van der Waals surface area contributed by atoms with Crippen LogP contribution in [0.15, 0.2) is 88.3 Å². The van der Waals surface area contributed by atoms with Crippen molar-refractivity contribution in [1.82, 2.24) is 10.1 Å². The van der Waals surface area contributed by atoms with Crippen molar-refractivity contribution in [2.75, 3.05) is 16.6 Å². The maximum atomic E-state index is 12.7. The first-order chi connectivity index (χ1) is 16.9. The van der Waals surface area contributed by atoms with Gasteiger partial charge in [-0.1, -0.05) is 35.5 Å². The van der Waals surface area contributed by atoms with Crippen LogP contribution in [0.5, 0.6) is 5.75 Å². The van der Waals surface area contributed by atoms with Gasteiger partial charge in [0.05, 0.1) is 22.9 Å². The second kappa shape index (κ2) is 10.8. The Morgan fingerprint density at radius 1 is 0.943 bits per heavy atom. The smallest absolute Gasteiger partial charge is 0.261 e. The zero-order chi connectivity index (χ0) is 24.7. The summed E-state index contributed by atoms with van der Waals surface area (Å²) in [5, 5.41) is 6.71. The first kappa shape index (κ1) is 24.0. The van der Waals surface area contributed by atoms with Gasteiger partial charge >= 0.3 is 0 Å². The SMILES string of the molecule is CCOc1ccc(-c2noc(CCC(=O)Nc3ccccc3NS(=O)(=O)c3ccccc3)n2)cc1. The van der Waals surface area contributed by atoms with Crippen molar-refractivity contribution >= 4 is 27.3 Å². The summed E-state index contributed by atoms with van der Waals surface area (Å²) in [6, 6.07) is 21.9. The molecule has 0 spiro atoms. The number of hydrogen-bond acceptors (Lipinski definition) is 7. The number of carbonyl (C=O) groups excluding carboxylic acids is 1. The average molecular weight is 493 g/mol. The number of ether oxygens (including phenoxy) is 1. The highest BCUT2D eigenvalue weighted by Gasteiger charge is 2.17. The lowest BCUT2D eigenvalue weighted by Gasteiger charge is -2.13. The fourth-order valence-corrected chi connectivity index (χ4v) is 4.36. The molecule has 0 atom stereocenters. The van der Waals surface area contributed by atoms with Crippen LogP contribution < -0.4 is 14.8 Å². The second-order valence-corrected chi connectivity index (χ2v) is 9.16. The molecule has 0 saturated carbocycles. The van der Waals surface area contributed by atoms with Crippen LogP contribution in [0.25, 0.3) is 11.4 Å². The minimum Gasteiger partial charge on any atom is -0.494 e. The number of para-hydroxylation sites is 2. The van der Waals surface area contributed by atoms with Gasteiger partial charge in [-0.3, -0.25) is 9.52 Å². The van der Waals surface area contributed by atoms with Crippen LogP contribution in [-0.4, -0.2) is 31.1 Å². The largest absolute Gasteiger partial charge is 0.494 e. The molecule has 2 N–H and O–H groups in total. The van der Waals surface area contributed by atoms with Gasteiger partial charge in [0.15, 0.2) is 0 Å². The highest BCUT2D eigenvalue weighted by atomic mass is 32.2. The van der Waals surface area contributed by atoms with Gasteiger partial charge in [0, 0.05) is 18.4 Å². The highest BCUT2D eigenvalue weighted by molar-refractivity contribution is 7.92. The summed E-state index contributed by atoms with van der Waals surface area (Å²) in [5.41, 5.74) is 1.38. The molecule has 35 heavy (non-hydrogen) atoms. The van der Waals surface area contributed by atoms with Crippen LogP contribution in [0.2, 0.25) is 0 Å². The van der Waals surface area contributed by atoms with E-state index in [9.17, 15) is 13.2 Å². The molecule has 3 aromatic carbocycles. The average Bonchev–Trinajstić information content (AvgIpc) is 3.34. The van der Waals surface area contributed by atoms with Crippen molar-refractivity contribution in [2.45, 2.75) is 24.7 Å². The van der Waals surface area contributed by atoms with Crippen LogP contribution >= 0.6 is 0 Å². The summed E-state index contributed by atoms with van der Waals surface area (Å²) in [4.78, 5) is 17.0. The molecule has 0 aliphatic carbocycles. The number of nitrogens with zero attached hydrogens (tertiary/aromatic N) is 2. The van der Waals surface area contributed by atoms with Gasteiger partial charge in [0.1, 0.15) is 5.75 Å². The molecule has 4 rings (SSSR count). The normalized spacial score (nSPS) is 11.1. The highest BCUT2D eigenvalue weighted by Crippen LogP contribution is 2.25. The Morgan fingerprint density at radius 3 is 2.34 bits per heavy atom. The van der Waals surface area contributed by atoms with Gasteiger partial charge in [-0.25, -0.2) is 8.42 Å². The Balaban J connectivity index is 1.37. The first-order valence-corrected chi connectivity index (χ1v) is 12.5. The van der Waals surface area contributed by atoms with Gasteiger partial charge in [-0.05, 0) is 55.5 Å². The van der Waals surface area contributed by atoms with Gasteiger partial charge in [-0.2, -0.15) is 4.98 Å². The molecule has 10 heteroatoms. The predicted octanol–water partition coefficient (Wildman–Crippen LogP) is 4.51. The summed E-state index contributed by atoms with van der Waals surface area (Å²) >= 11 is 0. The molecule has 1 heterocycles. The number of benzene rings is 3. The van der Waals surface area contributed by atoms with Gasteiger partial charge in [0.25, 0.3) is 10.0 Å². The standard InChI is InChI=1S/C25H24N4O5S/c1-2-33-19-14-12-18(13-15-19)25-27-24(34-28-25)17-16-23(30)26-21-10-6-7-11-22(21)29-35(31,32)20-8-4-3-5-9-20/h3-15,29H,2,16-17H2,1H3,(H,26,30). The number of rotatable bonds is 10. The van der Waals surface area contributed by atoms with Crippen molar-refractivity contribution in [3.63, 3.8) is 0 Å². The quantitative estimate of drug-likeness (QED) is 0.334. The Labute approximate surface area is 203 Å². The molecule has 0 radical (unpaired) electrons. The van der Waals surface area contributed by atoms with E-state index in [0.29, 0.717) is 24.0 Å². The molecule has 4 aromatic rings.